The second kappa shape index (κ2) is 12.4. The molecule has 0 unspecified atom stereocenters. The average molecular weight is 518 g/mol. The quantitative estimate of drug-likeness (QED) is 0.270. The summed E-state index contributed by atoms with van der Waals surface area (Å²) in [6, 6.07) is 12.0. The minimum atomic E-state index is 0.111. The van der Waals surface area contributed by atoms with Gasteiger partial charge < -0.3 is 25.8 Å². The van der Waals surface area contributed by atoms with Crippen molar-refractivity contribution in [3.63, 3.8) is 0 Å². The molecule has 0 atom stereocenters. The molecule has 1 aliphatic heterocycles. The summed E-state index contributed by atoms with van der Waals surface area (Å²) >= 11 is 0. The number of H-pyrrole nitrogens is 1. The number of amides is 1. The lowest BCUT2D eigenvalue weighted by atomic mass is 10.1. The van der Waals surface area contributed by atoms with Crippen LogP contribution in [0.4, 0.5) is 23.3 Å². The van der Waals surface area contributed by atoms with Crippen LogP contribution in [0.3, 0.4) is 0 Å². The first-order valence-electron chi connectivity index (χ1n) is 13.7. The van der Waals surface area contributed by atoms with Crippen LogP contribution in [0.2, 0.25) is 0 Å². The highest BCUT2D eigenvalue weighted by atomic mass is 16.1. The van der Waals surface area contributed by atoms with Crippen LogP contribution in [0.5, 0.6) is 0 Å². The number of aromatic amines is 1. The van der Waals surface area contributed by atoms with Gasteiger partial charge >= 0.3 is 0 Å². The van der Waals surface area contributed by atoms with Gasteiger partial charge in [0.15, 0.2) is 0 Å². The third-order valence-electron chi connectivity index (χ3n) is 7.13. The first kappa shape index (κ1) is 26.1. The highest BCUT2D eigenvalue weighted by Crippen LogP contribution is 2.39. The minimum absolute atomic E-state index is 0.111. The van der Waals surface area contributed by atoms with E-state index in [0.29, 0.717) is 30.5 Å². The summed E-state index contributed by atoms with van der Waals surface area (Å²) in [6.07, 6.45) is 4.64. The van der Waals surface area contributed by atoms with E-state index in [9.17, 15) is 4.79 Å². The molecule has 10 heteroatoms. The van der Waals surface area contributed by atoms with Crippen LogP contribution >= 0.6 is 0 Å². The zero-order valence-corrected chi connectivity index (χ0v) is 22.5. The fraction of sp³-hybridized carbons (Fsp3) is 0.500. The highest BCUT2D eigenvalue weighted by molar-refractivity contribution is 5.76. The van der Waals surface area contributed by atoms with Crippen LogP contribution in [0, 0.1) is 6.92 Å². The molecule has 0 radical (unpaired) electrons. The Labute approximate surface area is 224 Å². The zero-order chi connectivity index (χ0) is 26.3. The Hall–Kier alpha value is -3.50. The molecule has 10 nitrogen and oxygen atoms in total. The SMILES string of the molecule is Cc1cc(Nc2cc(C3CC3)n[nH]2)nc(Nc2ccc(CCC(=O)NCCCN3CCN(C)CC3)cc2)n1. The van der Waals surface area contributed by atoms with Gasteiger partial charge in [-0.25, -0.2) is 4.98 Å². The van der Waals surface area contributed by atoms with Gasteiger partial charge in [-0.3, -0.25) is 9.89 Å². The number of nitrogens with one attached hydrogen (secondary N) is 4. The smallest absolute Gasteiger partial charge is 0.229 e. The Kier molecular flexibility index (Phi) is 8.50. The van der Waals surface area contributed by atoms with Gasteiger partial charge in [0.2, 0.25) is 11.9 Å². The normalized spacial score (nSPS) is 16.4. The van der Waals surface area contributed by atoms with E-state index in [-0.39, 0.29) is 5.91 Å². The molecular weight excluding hydrogens is 478 g/mol. The van der Waals surface area contributed by atoms with Crippen molar-refractivity contribution in [2.24, 2.45) is 0 Å². The molecule has 2 aromatic heterocycles. The van der Waals surface area contributed by atoms with Crippen molar-refractivity contribution in [3.8, 4) is 0 Å². The Morgan fingerprint density at radius 2 is 1.84 bits per heavy atom. The largest absolute Gasteiger partial charge is 0.356 e. The summed E-state index contributed by atoms with van der Waals surface area (Å²) in [5, 5.41) is 17.1. The minimum Gasteiger partial charge on any atom is -0.356 e. The number of aryl methyl sites for hydroxylation is 2. The van der Waals surface area contributed by atoms with Gasteiger partial charge in [0, 0.05) is 68.6 Å². The fourth-order valence-corrected chi connectivity index (χ4v) is 4.65. The fourth-order valence-electron chi connectivity index (χ4n) is 4.65. The maximum Gasteiger partial charge on any atom is 0.229 e. The van der Waals surface area contributed by atoms with Crippen LogP contribution < -0.4 is 16.0 Å². The molecule has 202 valence electrons. The van der Waals surface area contributed by atoms with Crippen molar-refractivity contribution in [3.05, 3.63) is 53.3 Å². The van der Waals surface area contributed by atoms with Gasteiger partial charge in [-0.1, -0.05) is 12.1 Å². The topological polar surface area (TPSA) is 114 Å². The number of nitrogens with zero attached hydrogens (tertiary/aromatic N) is 5. The van der Waals surface area contributed by atoms with Crippen LogP contribution in [-0.4, -0.2) is 82.2 Å². The molecule has 2 aliphatic rings. The van der Waals surface area contributed by atoms with E-state index in [2.05, 4.69) is 59.0 Å². The van der Waals surface area contributed by atoms with Crippen LogP contribution in [0.15, 0.2) is 36.4 Å². The molecule has 4 N–H and O–H groups in total. The lowest BCUT2D eigenvalue weighted by Gasteiger charge is -2.32. The van der Waals surface area contributed by atoms with E-state index in [4.69, 9.17) is 0 Å². The molecule has 1 saturated heterocycles. The van der Waals surface area contributed by atoms with Crippen molar-refractivity contribution in [1.82, 2.24) is 35.3 Å². The van der Waals surface area contributed by atoms with Gasteiger partial charge in [-0.05, 0) is 63.9 Å². The summed E-state index contributed by atoms with van der Waals surface area (Å²) in [5.74, 6) is 2.77. The molecule has 3 heterocycles. The summed E-state index contributed by atoms with van der Waals surface area (Å²) < 4.78 is 0. The lowest BCUT2D eigenvalue weighted by Crippen LogP contribution is -2.45. The average Bonchev–Trinajstić information content (AvgIpc) is 3.65. The van der Waals surface area contributed by atoms with E-state index in [0.717, 1.165) is 74.1 Å². The van der Waals surface area contributed by atoms with E-state index < -0.39 is 0 Å². The number of piperazine rings is 1. The number of hydrogen-bond donors (Lipinski definition) is 4. The molecule has 1 saturated carbocycles. The maximum absolute atomic E-state index is 12.3. The van der Waals surface area contributed by atoms with E-state index in [1.165, 1.54) is 12.8 Å². The number of benzene rings is 1. The predicted octanol–water partition coefficient (Wildman–Crippen LogP) is 3.56. The number of carbonyl (C=O) groups excluding carboxylic acids is 1. The Morgan fingerprint density at radius 3 is 2.61 bits per heavy atom. The summed E-state index contributed by atoms with van der Waals surface area (Å²) in [5.41, 5.74) is 3.99. The van der Waals surface area contributed by atoms with E-state index in [1.54, 1.807) is 0 Å². The molecule has 1 aliphatic carbocycles. The Bertz CT molecular complexity index is 1200. The number of rotatable bonds is 12. The zero-order valence-electron chi connectivity index (χ0n) is 22.5. The Balaban J connectivity index is 1.04. The van der Waals surface area contributed by atoms with Crippen LogP contribution in [0.25, 0.3) is 0 Å². The molecule has 5 rings (SSSR count). The van der Waals surface area contributed by atoms with Crippen LogP contribution in [-0.2, 0) is 11.2 Å². The van der Waals surface area contributed by atoms with Gasteiger partial charge in [-0.2, -0.15) is 10.1 Å². The van der Waals surface area contributed by atoms with Crippen molar-refractivity contribution >= 4 is 29.2 Å². The Morgan fingerprint density at radius 1 is 1.05 bits per heavy atom. The van der Waals surface area contributed by atoms with Crippen molar-refractivity contribution < 1.29 is 4.79 Å². The summed E-state index contributed by atoms with van der Waals surface area (Å²) in [6.45, 7) is 8.24. The van der Waals surface area contributed by atoms with Gasteiger partial charge in [-0.15, -0.1) is 0 Å². The summed E-state index contributed by atoms with van der Waals surface area (Å²) in [4.78, 5) is 26.2. The molecular formula is C28H39N9O. The predicted molar refractivity (Wildman–Crippen MR) is 150 cm³/mol. The number of likely N-dealkylation sites (N-methyl/N-ethyl adjacent to an activating group) is 1. The molecule has 0 bridgehead atoms. The summed E-state index contributed by atoms with van der Waals surface area (Å²) in [7, 11) is 2.17. The molecule has 38 heavy (non-hydrogen) atoms. The third-order valence-corrected chi connectivity index (χ3v) is 7.13. The van der Waals surface area contributed by atoms with Gasteiger partial charge in [0.05, 0.1) is 5.69 Å². The van der Waals surface area contributed by atoms with Gasteiger partial charge in [0.1, 0.15) is 11.6 Å². The second-order valence-corrected chi connectivity index (χ2v) is 10.5. The standard InChI is InChI=1S/C28H39N9O/c1-20-18-25(32-26-19-24(34-35-26)22-7-8-22)33-28(30-20)31-23-9-4-21(5-10-23)6-11-27(38)29-12-3-13-37-16-14-36(2)15-17-37/h4-5,9-10,18-19,22H,3,6-8,11-17H2,1-2H3,(H,29,38)(H3,30,31,32,33,34,35). The maximum atomic E-state index is 12.3. The van der Waals surface area contributed by atoms with Gasteiger partial charge in [0.25, 0.3) is 0 Å². The molecule has 1 amide bonds. The van der Waals surface area contributed by atoms with Crippen molar-refractivity contribution in [1.29, 1.82) is 0 Å². The number of hydrogen-bond acceptors (Lipinski definition) is 8. The number of anilines is 4. The molecule has 0 spiro atoms. The monoisotopic (exact) mass is 517 g/mol. The molecule has 3 aromatic rings. The van der Waals surface area contributed by atoms with E-state index >= 15 is 0 Å². The lowest BCUT2D eigenvalue weighted by molar-refractivity contribution is -0.121. The third kappa shape index (κ3) is 7.75. The molecule has 2 fully saturated rings. The van der Waals surface area contributed by atoms with Crippen LogP contribution in [0.1, 0.15) is 48.6 Å². The first-order valence-corrected chi connectivity index (χ1v) is 13.7. The first-order chi connectivity index (χ1) is 18.5. The molecule has 1 aromatic carbocycles. The van der Waals surface area contributed by atoms with Crippen molar-refractivity contribution in [2.45, 2.75) is 44.9 Å². The van der Waals surface area contributed by atoms with Crippen molar-refractivity contribution in [2.75, 3.05) is 56.9 Å². The second-order valence-electron chi connectivity index (χ2n) is 10.5. The number of aromatic nitrogens is 4. The highest BCUT2D eigenvalue weighted by Gasteiger charge is 2.26. The van der Waals surface area contributed by atoms with E-state index in [1.807, 2.05) is 37.3 Å². The number of carbonyl (C=O) groups is 1.